The number of rotatable bonds is 0. The Balaban J connectivity index is 1.70. The lowest BCUT2D eigenvalue weighted by atomic mass is 9.80. The van der Waals surface area contributed by atoms with Gasteiger partial charge in [0.25, 0.3) is 6.73 Å². The molecular formula is C27H20NO+. The van der Waals surface area contributed by atoms with Crippen molar-refractivity contribution in [3.05, 3.63) is 84.1 Å². The van der Waals surface area contributed by atoms with Crippen molar-refractivity contribution in [3.63, 3.8) is 0 Å². The Morgan fingerprint density at radius 3 is 2.34 bits per heavy atom. The van der Waals surface area contributed by atoms with Gasteiger partial charge in [0.05, 0.1) is 5.56 Å². The SMILES string of the molecule is CC1(C)c2cc3ccccc3c3c2-c2c1c1cc4ccccc4cc1c[n+]2CO3. The quantitative estimate of drug-likeness (QED) is 0.236. The fourth-order valence-electron chi connectivity index (χ4n) is 5.55. The van der Waals surface area contributed by atoms with E-state index < -0.39 is 0 Å². The third-order valence-electron chi connectivity index (χ3n) is 6.89. The van der Waals surface area contributed by atoms with Crippen LogP contribution in [0.4, 0.5) is 0 Å². The molecule has 0 saturated carbocycles. The fourth-order valence-corrected chi connectivity index (χ4v) is 5.55. The van der Waals surface area contributed by atoms with Gasteiger partial charge in [0.15, 0.2) is 6.20 Å². The van der Waals surface area contributed by atoms with E-state index in [9.17, 15) is 0 Å². The van der Waals surface area contributed by atoms with Crippen molar-refractivity contribution in [3.8, 4) is 17.0 Å². The Kier molecular flexibility index (Phi) is 2.65. The number of hydrogen-bond donors (Lipinski definition) is 0. The van der Waals surface area contributed by atoms with Gasteiger partial charge >= 0.3 is 0 Å². The highest BCUT2D eigenvalue weighted by Gasteiger charge is 2.47. The topological polar surface area (TPSA) is 13.1 Å². The second kappa shape index (κ2) is 4.96. The zero-order valence-corrected chi connectivity index (χ0v) is 16.5. The van der Waals surface area contributed by atoms with Gasteiger partial charge in [-0.3, -0.25) is 0 Å². The summed E-state index contributed by atoms with van der Waals surface area (Å²) in [5, 5.41) is 7.67. The van der Waals surface area contributed by atoms with E-state index in [1.807, 2.05) is 0 Å². The minimum Gasteiger partial charge on any atom is -0.434 e. The van der Waals surface area contributed by atoms with E-state index in [4.69, 9.17) is 4.74 Å². The Labute approximate surface area is 169 Å². The molecule has 2 nitrogen and oxygen atoms in total. The molecule has 0 amide bonds. The normalized spacial score (nSPS) is 15.7. The van der Waals surface area contributed by atoms with Crippen LogP contribution in [-0.4, -0.2) is 0 Å². The summed E-state index contributed by atoms with van der Waals surface area (Å²) in [6, 6.07) is 24.3. The first-order chi connectivity index (χ1) is 14.1. The number of pyridine rings is 1. The zero-order chi connectivity index (χ0) is 19.3. The molecule has 29 heavy (non-hydrogen) atoms. The van der Waals surface area contributed by atoms with E-state index in [0.717, 1.165) is 5.75 Å². The average Bonchev–Trinajstić information content (AvgIpc) is 2.98. The maximum absolute atomic E-state index is 6.37. The molecule has 1 aromatic heterocycles. The van der Waals surface area contributed by atoms with Gasteiger partial charge in [0.2, 0.25) is 5.69 Å². The molecule has 0 atom stereocenters. The van der Waals surface area contributed by atoms with Crippen molar-refractivity contribution >= 4 is 32.3 Å². The highest BCUT2D eigenvalue weighted by Crippen LogP contribution is 2.56. The molecule has 2 heterocycles. The smallest absolute Gasteiger partial charge is 0.292 e. The lowest BCUT2D eigenvalue weighted by Crippen LogP contribution is -2.42. The number of fused-ring (bicyclic) bond motifs is 5. The van der Waals surface area contributed by atoms with E-state index in [0.29, 0.717) is 6.73 Å². The predicted molar refractivity (Wildman–Crippen MR) is 117 cm³/mol. The highest BCUT2D eigenvalue weighted by molar-refractivity contribution is 6.06. The van der Waals surface area contributed by atoms with Crippen LogP contribution in [0.3, 0.4) is 0 Å². The maximum atomic E-state index is 6.37. The summed E-state index contributed by atoms with van der Waals surface area (Å²) in [5.74, 6) is 1.05. The van der Waals surface area contributed by atoms with Gasteiger partial charge in [0, 0.05) is 21.8 Å². The van der Waals surface area contributed by atoms with E-state index in [1.165, 1.54) is 54.7 Å². The Hall–Kier alpha value is -3.39. The molecule has 2 aliphatic rings. The maximum Gasteiger partial charge on any atom is 0.292 e. The van der Waals surface area contributed by atoms with E-state index in [2.05, 4.69) is 91.3 Å². The third kappa shape index (κ3) is 1.80. The van der Waals surface area contributed by atoms with Crippen LogP contribution in [0.25, 0.3) is 43.6 Å². The molecule has 5 aromatic rings. The van der Waals surface area contributed by atoms with Gasteiger partial charge in [-0.25, -0.2) is 0 Å². The first-order valence-electron chi connectivity index (χ1n) is 10.2. The lowest BCUT2D eigenvalue weighted by molar-refractivity contribution is -0.716. The number of ether oxygens (including phenoxy) is 1. The molecule has 0 unspecified atom stereocenters. The van der Waals surface area contributed by atoms with Gasteiger partial charge in [-0.05, 0) is 45.3 Å². The minimum absolute atomic E-state index is 0.0825. The molecule has 4 aromatic carbocycles. The molecule has 1 aliphatic carbocycles. The summed E-state index contributed by atoms with van der Waals surface area (Å²) in [7, 11) is 0. The summed E-state index contributed by atoms with van der Waals surface area (Å²) >= 11 is 0. The van der Waals surface area contributed by atoms with Gasteiger partial charge in [0.1, 0.15) is 5.75 Å². The van der Waals surface area contributed by atoms with E-state index in [-0.39, 0.29) is 5.41 Å². The standard InChI is InChI=1S/C27H20NO/c1-27(2)22-13-18-9-5-6-10-20(18)26-23(22)25-24(27)21-12-17-8-4-3-7-16(17)11-19(21)14-28(25)15-29-26/h3-14H,15H2,1-2H3/q+1. The summed E-state index contributed by atoms with van der Waals surface area (Å²) in [5.41, 5.74) is 5.33. The Bertz CT molecular complexity index is 1530. The molecule has 0 bridgehead atoms. The van der Waals surface area contributed by atoms with Crippen LogP contribution in [0.2, 0.25) is 0 Å². The van der Waals surface area contributed by atoms with Crippen LogP contribution in [0.15, 0.2) is 72.9 Å². The molecule has 138 valence electrons. The molecule has 7 rings (SSSR count). The number of benzene rings is 4. The molecule has 2 heteroatoms. The van der Waals surface area contributed by atoms with Crippen LogP contribution in [0, 0.1) is 0 Å². The van der Waals surface area contributed by atoms with Gasteiger partial charge in [-0.2, -0.15) is 4.57 Å². The van der Waals surface area contributed by atoms with Gasteiger partial charge in [-0.1, -0.05) is 62.4 Å². The number of nitrogens with zero attached hydrogens (tertiary/aromatic N) is 1. The molecule has 0 saturated heterocycles. The first-order valence-corrected chi connectivity index (χ1v) is 10.2. The van der Waals surface area contributed by atoms with Crippen LogP contribution < -0.4 is 9.30 Å². The van der Waals surface area contributed by atoms with Crippen molar-refractivity contribution in [2.24, 2.45) is 0 Å². The van der Waals surface area contributed by atoms with Crippen molar-refractivity contribution < 1.29 is 9.30 Å². The van der Waals surface area contributed by atoms with E-state index >= 15 is 0 Å². The van der Waals surface area contributed by atoms with Gasteiger partial charge < -0.3 is 4.74 Å². The van der Waals surface area contributed by atoms with E-state index in [1.54, 1.807) is 0 Å². The predicted octanol–water partition coefficient (Wildman–Crippen LogP) is 6.09. The average molecular weight is 374 g/mol. The largest absolute Gasteiger partial charge is 0.434 e. The third-order valence-corrected chi connectivity index (χ3v) is 6.89. The van der Waals surface area contributed by atoms with Crippen LogP contribution in [-0.2, 0) is 12.1 Å². The van der Waals surface area contributed by atoms with Crippen LogP contribution in [0.1, 0.15) is 25.0 Å². The van der Waals surface area contributed by atoms with Crippen molar-refractivity contribution in [2.75, 3.05) is 0 Å². The second-order valence-electron chi connectivity index (χ2n) is 8.86. The number of aromatic nitrogens is 1. The minimum atomic E-state index is -0.0825. The summed E-state index contributed by atoms with van der Waals surface area (Å²) < 4.78 is 8.68. The van der Waals surface area contributed by atoms with Crippen LogP contribution >= 0.6 is 0 Å². The Morgan fingerprint density at radius 1 is 0.793 bits per heavy atom. The van der Waals surface area contributed by atoms with Crippen molar-refractivity contribution in [2.45, 2.75) is 26.0 Å². The fraction of sp³-hybridized carbons (Fsp3) is 0.148. The molecule has 0 fully saturated rings. The summed E-state index contributed by atoms with van der Waals surface area (Å²) in [4.78, 5) is 0. The van der Waals surface area contributed by atoms with Crippen molar-refractivity contribution in [1.29, 1.82) is 0 Å². The second-order valence-corrected chi connectivity index (χ2v) is 8.86. The molecule has 0 N–H and O–H groups in total. The lowest BCUT2D eigenvalue weighted by Gasteiger charge is -2.22. The molecule has 0 spiro atoms. The monoisotopic (exact) mass is 374 g/mol. The Morgan fingerprint density at radius 2 is 1.52 bits per heavy atom. The molecule has 1 aliphatic heterocycles. The molecular weight excluding hydrogens is 354 g/mol. The first kappa shape index (κ1) is 15.5. The van der Waals surface area contributed by atoms with Crippen LogP contribution in [0.5, 0.6) is 5.75 Å². The summed E-state index contributed by atoms with van der Waals surface area (Å²) in [6.45, 7) is 5.28. The zero-order valence-electron chi connectivity index (χ0n) is 16.5. The highest BCUT2D eigenvalue weighted by atomic mass is 16.5. The summed E-state index contributed by atoms with van der Waals surface area (Å²) in [6.07, 6.45) is 2.27. The van der Waals surface area contributed by atoms with Gasteiger partial charge in [-0.15, -0.1) is 0 Å². The molecule has 0 radical (unpaired) electrons. The van der Waals surface area contributed by atoms with Crippen molar-refractivity contribution in [1.82, 2.24) is 0 Å². The number of hydrogen-bond acceptors (Lipinski definition) is 1.